The van der Waals surface area contributed by atoms with E-state index in [1.54, 1.807) is 27.7 Å². The molecule has 2 aliphatic heterocycles. The minimum atomic E-state index is -4.01. The van der Waals surface area contributed by atoms with Crippen LogP contribution in [-0.2, 0) is 61.8 Å². The SMILES string of the molecule is CCOC(=O)C(=O)C1N=NN(C2OC(COC(C(=O)O)P(=O)(NC(C)C)NC(C)C)C(OC(C)=O)C2OC(C)=O)C(=O)C1=O. The number of carbonyl (C=O) groups excluding carboxylic acids is 6. The molecule has 1 fully saturated rings. The van der Waals surface area contributed by atoms with Crippen LogP contribution < -0.4 is 10.2 Å². The lowest BCUT2D eigenvalue weighted by atomic mass is 10.1. The summed E-state index contributed by atoms with van der Waals surface area (Å²) in [6.07, 6.45) is -6.54. The van der Waals surface area contributed by atoms with Gasteiger partial charge >= 0.3 is 29.8 Å². The van der Waals surface area contributed by atoms with Crippen molar-refractivity contribution < 1.29 is 66.9 Å². The third kappa shape index (κ3) is 8.95. The van der Waals surface area contributed by atoms with Gasteiger partial charge in [0, 0.05) is 25.9 Å². The summed E-state index contributed by atoms with van der Waals surface area (Å²) in [6, 6.07) is -3.03. The topological polar surface area (TPSA) is 255 Å². The molecule has 246 valence electrons. The molecular formula is C24H36N5O14P. The second-order valence-electron chi connectivity index (χ2n) is 10.2. The van der Waals surface area contributed by atoms with Crippen molar-refractivity contribution in [3.63, 3.8) is 0 Å². The molecular weight excluding hydrogens is 613 g/mol. The lowest BCUT2D eigenvalue weighted by Gasteiger charge is -2.30. The minimum absolute atomic E-state index is 0.192. The first kappa shape index (κ1) is 36.6. The Kier molecular flexibility index (Phi) is 12.8. The summed E-state index contributed by atoms with van der Waals surface area (Å²) in [6.45, 7) is 9.00. The van der Waals surface area contributed by atoms with Crippen LogP contribution in [0.1, 0.15) is 48.5 Å². The average molecular weight is 650 g/mol. The molecule has 0 aromatic heterocycles. The van der Waals surface area contributed by atoms with E-state index in [1.807, 2.05) is 0 Å². The Hall–Kier alpha value is -3.64. The van der Waals surface area contributed by atoms with Gasteiger partial charge in [0.05, 0.1) is 13.2 Å². The highest BCUT2D eigenvalue weighted by Crippen LogP contribution is 2.45. The number of rotatable bonds is 15. The summed E-state index contributed by atoms with van der Waals surface area (Å²) in [5.74, 6) is -11.3. The third-order valence-electron chi connectivity index (χ3n) is 5.65. The number of nitrogens with zero attached hydrogens (tertiary/aromatic N) is 3. The van der Waals surface area contributed by atoms with Crippen molar-refractivity contribution in [2.24, 2.45) is 10.3 Å². The molecule has 0 aliphatic carbocycles. The first-order valence-corrected chi connectivity index (χ1v) is 15.2. The molecule has 2 aliphatic rings. The fraction of sp³-hybridized carbons (Fsp3) is 0.708. The Morgan fingerprint density at radius 1 is 1.00 bits per heavy atom. The highest BCUT2D eigenvalue weighted by atomic mass is 31.2. The van der Waals surface area contributed by atoms with E-state index in [2.05, 4.69) is 25.2 Å². The van der Waals surface area contributed by atoms with Crippen molar-refractivity contribution >= 4 is 48.8 Å². The number of carboxylic acid groups (broad SMARTS) is 1. The molecule has 6 unspecified atom stereocenters. The Bertz CT molecular complexity index is 1230. The molecule has 0 spiro atoms. The van der Waals surface area contributed by atoms with Gasteiger partial charge in [-0.1, -0.05) is 5.22 Å². The van der Waals surface area contributed by atoms with Crippen LogP contribution in [0.5, 0.6) is 0 Å². The maximum atomic E-state index is 13.7. The van der Waals surface area contributed by atoms with Crippen LogP contribution in [0, 0.1) is 0 Å². The number of hydrogen-bond acceptors (Lipinski definition) is 15. The van der Waals surface area contributed by atoms with Gasteiger partial charge < -0.3 is 28.8 Å². The van der Waals surface area contributed by atoms with Crippen molar-refractivity contribution in [1.82, 2.24) is 15.2 Å². The lowest BCUT2D eigenvalue weighted by molar-refractivity contribution is -0.175. The van der Waals surface area contributed by atoms with Gasteiger partial charge in [0.25, 0.3) is 19.0 Å². The van der Waals surface area contributed by atoms with E-state index < -0.39 is 104 Å². The highest BCUT2D eigenvalue weighted by molar-refractivity contribution is 7.61. The van der Waals surface area contributed by atoms with Crippen molar-refractivity contribution in [2.45, 2.75) is 97.0 Å². The van der Waals surface area contributed by atoms with Crippen LogP contribution in [-0.4, -0.2) is 113 Å². The molecule has 44 heavy (non-hydrogen) atoms. The summed E-state index contributed by atoms with van der Waals surface area (Å²) >= 11 is 0. The number of ketones is 2. The van der Waals surface area contributed by atoms with Gasteiger partial charge in [0.2, 0.25) is 11.9 Å². The van der Waals surface area contributed by atoms with E-state index in [9.17, 15) is 43.2 Å². The second-order valence-corrected chi connectivity index (χ2v) is 12.5. The standard InChI is InChI=1S/C24H36N5O14P/c1-8-39-23(37)17(33)15-16(32)20(34)29(28-25-15)21-19(42-13(7)31)18(41-12(6)30)14(43-21)9-40-24(22(35)36)44(38,26-10(2)3)27-11(4)5/h10-11,14-15,18-19,21,24H,8-9H2,1-7H3,(H,35,36)(H2,26,27,38). The highest BCUT2D eigenvalue weighted by Gasteiger charge is 2.56. The van der Waals surface area contributed by atoms with Gasteiger partial charge in [0.15, 0.2) is 18.4 Å². The van der Waals surface area contributed by atoms with E-state index in [1.165, 1.54) is 6.92 Å². The summed E-state index contributed by atoms with van der Waals surface area (Å²) in [4.78, 5) is 85.9. The summed E-state index contributed by atoms with van der Waals surface area (Å²) in [5, 5.41) is 22.6. The molecule has 2 rings (SSSR count). The number of amides is 1. The molecule has 0 bridgehead atoms. The largest absolute Gasteiger partial charge is 0.479 e. The van der Waals surface area contributed by atoms with E-state index in [-0.39, 0.29) is 6.61 Å². The van der Waals surface area contributed by atoms with Crippen LogP contribution in [0.4, 0.5) is 0 Å². The molecule has 0 aromatic rings. The molecule has 0 radical (unpaired) electrons. The minimum Gasteiger partial charge on any atom is -0.479 e. The number of carbonyl (C=O) groups is 7. The second kappa shape index (κ2) is 15.4. The number of ether oxygens (including phenoxy) is 5. The van der Waals surface area contributed by atoms with Crippen molar-refractivity contribution in [1.29, 1.82) is 0 Å². The number of esters is 3. The number of nitrogens with one attached hydrogen (secondary N) is 2. The predicted octanol–water partition coefficient (Wildman–Crippen LogP) is -0.530. The van der Waals surface area contributed by atoms with Crippen LogP contribution in [0.2, 0.25) is 0 Å². The normalized spacial score (nSPS) is 24.4. The molecule has 1 amide bonds. The van der Waals surface area contributed by atoms with E-state index in [4.69, 9.17) is 18.9 Å². The summed E-state index contributed by atoms with van der Waals surface area (Å²) in [5.41, 5.74) is 0. The van der Waals surface area contributed by atoms with Crippen LogP contribution >= 0.6 is 7.44 Å². The van der Waals surface area contributed by atoms with E-state index in [0.717, 1.165) is 13.8 Å². The van der Waals surface area contributed by atoms with Gasteiger partial charge in [-0.25, -0.2) is 19.8 Å². The Labute approximate surface area is 251 Å². The molecule has 19 nitrogen and oxygen atoms in total. The molecule has 0 aromatic carbocycles. The lowest BCUT2D eigenvalue weighted by Crippen LogP contribution is -2.54. The van der Waals surface area contributed by atoms with Gasteiger partial charge in [-0.05, 0) is 34.6 Å². The zero-order valence-electron chi connectivity index (χ0n) is 25.1. The van der Waals surface area contributed by atoms with Gasteiger partial charge in [-0.2, -0.15) is 5.01 Å². The molecule has 1 saturated heterocycles. The molecule has 3 N–H and O–H groups in total. The zero-order valence-corrected chi connectivity index (χ0v) is 26.0. The molecule has 20 heteroatoms. The number of aliphatic carboxylic acids is 1. The predicted molar refractivity (Wildman–Crippen MR) is 143 cm³/mol. The fourth-order valence-corrected chi connectivity index (χ4v) is 6.72. The number of Topliss-reactive ketones (excluding diaryl/α,β-unsaturated/α-hetero) is 2. The quantitative estimate of drug-likeness (QED) is 0.0662. The zero-order chi connectivity index (χ0) is 33.5. The smallest absolute Gasteiger partial charge is 0.377 e. The van der Waals surface area contributed by atoms with E-state index in [0.29, 0.717) is 5.01 Å². The van der Waals surface area contributed by atoms with Gasteiger partial charge in [0.1, 0.15) is 6.10 Å². The van der Waals surface area contributed by atoms with Gasteiger partial charge in [-0.3, -0.25) is 28.5 Å². The van der Waals surface area contributed by atoms with E-state index >= 15 is 0 Å². The number of carboxylic acids is 1. The molecule has 0 saturated carbocycles. The number of hydrogen-bond donors (Lipinski definition) is 3. The van der Waals surface area contributed by atoms with Crippen LogP contribution in [0.25, 0.3) is 0 Å². The summed E-state index contributed by atoms with van der Waals surface area (Å²) < 4.78 is 40.0. The van der Waals surface area contributed by atoms with Crippen LogP contribution in [0.15, 0.2) is 10.3 Å². The average Bonchev–Trinajstić information content (AvgIpc) is 3.19. The van der Waals surface area contributed by atoms with Gasteiger partial charge in [-0.15, -0.1) is 5.11 Å². The molecule has 2 heterocycles. The first-order chi connectivity index (χ1) is 20.4. The molecule has 6 atom stereocenters. The monoisotopic (exact) mass is 649 g/mol. The Morgan fingerprint density at radius 3 is 2.02 bits per heavy atom. The Balaban J connectivity index is 2.46. The maximum Gasteiger partial charge on any atom is 0.377 e. The van der Waals surface area contributed by atoms with Crippen molar-refractivity contribution in [2.75, 3.05) is 13.2 Å². The van der Waals surface area contributed by atoms with Crippen molar-refractivity contribution in [3.8, 4) is 0 Å². The summed E-state index contributed by atoms with van der Waals surface area (Å²) in [7, 11) is -4.01. The van der Waals surface area contributed by atoms with Crippen molar-refractivity contribution in [3.05, 3.63) is 0 Å². The maximum absolute atomic E-state index is 13.7. The first-order valence-electron chi connectivity index (χ1n) is 13.4. The third-order valence-corrected chi connectivity index (χ3v) is 8.48. The fourth-order valence-electron chi connectivity index (χ4n) is 4.23. The Morgan fingerprint density at radius 2 is 1.55 bits per heavy atom. The van der Waals surface area contributed by atoms with Crippen LogP contribution in [0.3, 0.4) is 0 Å².